The molecule has 3 aliphatic rings. The number of nitrogens with zero attached hydrogens (tertiary/aromatic N) is 3. The molecule has 0 saturated carbocycles. The Hall–Kier alpha value is -1.80. The van der Waals surface area contributed by atoms with Crippen LogP contribution in [0.4, 0.5) is 0 Å². The van der Waals surface area contributed by atoms with Gasteiger partial charge < -0.3 is 10.6 Å². The Kier molecular flexibility index (Phi) is 4.46. The zero-order valence-corrected chi connectivity index (χ0v) is 14.9. The molecule has 138 valence electrons. The first-order chi connectivity index (χ1) is 12.9. The molecule has 0 radical (unpaired) electrons. The summed E-state index contributed by atoms with van der Waals surface area (Å²) in [5, 5.41) is 12.0. The van der Waals surface area contributed by atoms with E-state index in [1.807, 2.05) is 18.5 Å². The SMILES string of the molecule is c1cncc(C2CC3C(CN2)NNC3c2ccn(C3CCNCC3)n2)c1. The third kappa shape index (κ3) is 3.05. The minimum atomic E-state index is 0.268. The smallest absolute Gasteiger partial charge is 0.0811 e. The maximum Gasteiger partial charge on any atom is 0.0811 e. The van der Waals surface area contributed by atoms with Crippen LogP contribution >= 0.6 is 0 Å². The monoisotopic (exact) mass is 353 g/mol. The Balaban J connectivity index is 1.33. The highest BCUT2D eigenvalue weighted by molar-refractivity contribution is 5.19. The second-order valence-corrected chi connectivity index (χ2v) is 7.72. The normalized spacial score (nSPS) is 32.5. The molecule has 0 spiro atoms. The lowest BCUT2D eigenvalue weighted by Gasteiger charge is -2.34. The molecule has 0 aromatic carbocycles. The van der Waals surface area contributed by atoms with Gasteiger partial charge >= 0.3 is 0 Å². The van der Waals surface area contributed by atoms with Crippen LogP contribution < -0.4 is 21.5 Å². The highest BCUT2D eigenvalue weighted by Gasteiger charge is 2.42. The maximum absolute atomic E-state index is 4.96. The molecule has 4 atom stereocenters. The fourth-order valence-corrected chi connectivity index (χ4v) is 4.69. The number of aromatic nitrogens is 3. The van der Waals surface area contributed by atoms with Crippen molar-refractivity contribution in [3.8, 4) is 0 Å². The summed E-state index contributed by atoms with van der Waals surface area (Å²) in [6.45, 7) is 3.14. The van der Waals surface area contributed by atoms with Gasteiger partial charge in [-0.2, -0.15) is 5.10 Å². The molecular formula is C19H27N7. The summed E-state index contributed by atoms with van der Waals surface area (Å²) >= 11 is 0. The van der Waals surface area contributed by atoms with Crippen molar-refractivity contribution >= 4 is 0 Å². The van der Waals surface area contributed by atoms with Gasteiger partial charge in [-0.05, 0) is 50.0 Å². The van der Waals surface area contributed by atoms with Gasteiger partial charge in [0.1, 0.15) is 0 Å². The van der Waals surface area contributed by atoms with Crippen LogP contribution in [0.5, 0.6) is 0 Å². The molecule has 7 heteroatoms. The van der Waals surface area contributed by atoms with Gasteiger partial charge in [0.05, 0.1) is 17.8 Å². The first-order valence-electron chi connectivity index (χ1n) is 9.78. The number of hydrogen-bond acceptors (Lipinski definition) is 6. The van der Waals surface area contributed by atoms with Crippen LogP contribution in [0.25, 0.3) is 0 Å². The second kappa shape index (κ2) is 7.08. The Morgan fingerprint density at radius 1 is 1.12 bits per heavy atom. The molecule has 5 heterocycles. The zero-order valence-electron chi connectivity index (χ0n) is 14.9. The van der Waals surface area contributed by atoms with E-state index in [4.69, 9.17) is 5.10 Å². The van der Waals surface area contributed by atoms with Gasteiger partial charge in [0.15, 0.2) is 0 Å². The van der Waals surface area contributed by atoms with E-state index in [0.29, 0.717) is 24.0 Å². The number of hydrazine groups is 1. The summed E-state index contributed by atoms with van der Waals surface area (Å²) in [6.07, 6.45) is 9.40. The molecule has 0 bridgehead atoms. The number of pyridine rings is 1. The lowest BCUT2D eigenvalue weighted by Crippen LogP contribution is -2.46. The molecular weight excluding hydrogens is 326 g/mol. The van der Waals surface area contributed by atoms with Crippen molar-refractivity contribution in [2.24, 2.45) is 5.92 Å². The fraction of sp³-hybridized carbons (Fsp3) is 0.579. The van der Waals surface area contributed by atoms with Gasteiger partial charge in [-0.1, -0.05) is 6.07 Å². The first kappa shape index (κ1) is 16.4. The van der Waals surface area contributed by atoms with Crippen molar-refractivity contribution in [2.45, 2.75) is 43.4 Å². The van der Waals surface area contributed by atoms with Gasteiger partial charge in [0.25, 0.3) is 0 Å². The average molecular weight is 353 g/mol. The van der Waals surface area contributed by atoms with E-state index in [1.165, 1.54) is 5.56 Å². The van der Waals surface area contributed by atoms with Crippen LogP contribution in [0.3, 0.4) is 0 Å². The van der Waals surface area contributed by atoms with Gasteiger partial charge in [0.2, 0.25) is 0 Å². The number of hydrogen-bond donors (Lipinski definition) is 4. The molecule has 3 aliphatic heterocycles. The van der Waals surface area contributed by atoms with E-state index in [0.717, 1.165) is 44.6 Å². The predicted molar refractivity (Wildman–Crippen MR) is 99.3 cm³/mol. The van der Waals surface area contributed by atoms with E-state index in [9.17, 15) is 0 Å². The Morgan fingerprint density at radius 2 is 2.04 bits per heavy atom. The maximum atomic E-state index is 4.96. The molecule has 4 unspecified atom stereocenters. The minimum Gasteiger partial charge on any atom is -0.317 e. The summed E-state index contributed by atoms with van der Waals surface area (Å²) in [7, 11) is 0. The zero-order chi connectivity index (χ0) is 17.3. The highest BCUT2D eigenvalue weighted by Crippen LogP contribution is 2.37. The molecule has 0 amide bonds. The van der Waals surface area contributed by atoms with Gasteiger partial charge in [0, 0.05) is 43.1 Å². The first-order valence-corrected chi connectivity index (χ1v) is 9.78. The Labute approximate surface area is 153 Å². The molecule has 2 aromatic heterocycles. The lowest BCUT2D eigenvalue weighted by molar-refractivity contribution is 0.263. The quantitative estimate of drug-likeness (QED) is 0.661. The highest BCUT2D eigenvalue weighted by atomic mass is 15.4. The summed E-state index contributed by atoms with van der Waals surface area (Å²) in [5.74, 6) is 0.526. The minimum absolute atomic E-state index is 0.268. The summed E-state index contributed by atoms with van der Waals surface area (Å²) < 4.78 is 2.19. The molecule has 5 rings (SSSR count). The van der Waals surface area contributed by atoms with E-state index >= 15 is 0 Å². The van der Waals surface area contributed by atoms with Crippen LogP contribution in [0.1, 0.15) is 48.6 Å². The van der Waals surface area contributed by atoms with Crippen molar-refractivity contribution in [2.75, 3.05) is 19.6 Å². The summed E-state index contributed by atoms with van der Waals surface area (Å²) in [5.41, 5.74) is 9.43. The molecule has 0 aliphatic carbocycles. The van der Waals surface area contributed by atoms with E-state index in [2.05, 4.69) is 49.5 Å². The average Bonchev–Trinajstić information content (AvgIpc) is 3.36. The molecule has 3 fully saturated rings. The van der Waals surface area contributed by atoms with Crippen molar-refractivity contribution < 1.29 is 0 Å². The predicted octanol–water partition coefficient (Wildman–Crippen LogP) is 1.07. The van der Waals surface area contributed by atoms with Crippen molar-refractivity contribution in [3.63, 3.8) is 0 Å². The van der Waals surface area contributed by atoms with Crippen molar-refractivity contribution in [1.82, 2.24) is 36.2 Å². The van der Waals surface area contributed by atoms with E-state index in [-0.39, 0.29) is 6.04 Å². The molecule has 3 saturated heterocycles. The molecule has 7 nitrogen and oxygen atoms in total. The Morgan fingerprint density at radius 3 is 2.88 bits per heavy atom. The number of rotatable bonds is 3. The number of piperidine rings is 2. The van der Waals surface area contributed by atoms with Crippen LogP contribution in [0.2, 0.25) is 0 Å². The van der Waals surface area contributed by atoms with Crippen molar-refractivity contribution in [1.29, 1.82) is 0 Å². The van der Waals surface area contributed by atoms with E-state index < -0.39 is 0 Å². The Bertz CT molecular complexity index is 724. The van der Waals surface area contributed by atoms with Gasteiger partial charge in [-0.15, -0.1) is 0 Å². The standard InChI is InChI=1S/C19H27N7/c1-2-13(11-21-6-1)17-10-15-18(12-22-17)23-24-19(15)16-5-9-26(25-16)14-3-7-20-8-4-14/h1-2,5-6,9,11,14-15,17-20,22-24H,3-4,7-8,10,12H2. The van der Waals surface area contributed by atoms with Crippen LogP contribution in [-0.2, 0) is 0 Å². The number of nitrogens with one attached hydrogen (secondary N) is 4. The van der Waals surface area contributed by atoms with Gasteiger partial charge in [-0.3, -0.25) is 15.1 Å². The summed E-state index contributed by atoms with van der Waals surface area (Å²) in [4.78, 5) is 4.29. The van der Waals surface area contributed by atoms with E-state index in [1.54, 1.807) is 0 Å². The van der Waals surface area contributed by atoms with Crippen LogP contribution in [0.15, 0.2) is 36.8 Å². The summed E-state index contributed by atoms with van der Waals surface area (Å²) in [6, 6.07) is 7.99. The molecule has 4 N–H and O–H groups in total. The van der Waals surface area contributed by atoms with Crippen LogP contribution in [-0.4, -0.2) is 40.4 Å². The third-order valence-electron chi connectivity index (χ3n) is 6.18. The molecule has 2 aromatic rings. The lowest BCUT2D eigenvalue weighted by atomic mass is 9.82. The fourth-order valence-electron chi connectivity index (χ4n) is 4.69. The largest absolute Gasteiger partial charge is 0.317 e. The van der Waals surface area contributed by atoms with Crippen molar-refractivity contribution in [3.05, 3.63) is 48.0 Å². The number of fused-ring (bicyclic) bond motifs is 1. The van der Waals surface area contributed by atoms with Crippen LogP contribution in [0, 0.1) is 5.92 Å². The third-order valence-corrected chi connectivity index (χ3v) is 6.18. The van der Waals surface area contributed by atoms with Gasteiger partial charge in [-0.25, -0.2) is 5.43 Å². The molecule has 26 heavy (non-hydrogen) atoms. The second-order valence-electron chi connectivity index (χ2n) is 7.72. The topological polar surface area (TPSA) is 78.8 Å².